The Kier molecular flexibility index (Phi) is 3.10. The summed E-state index contributed by atoms with van der Waals surface area (Å²) in [5.74, 6) is -0.979. The van der Waals surface area contributed by atoms with Crippen molar-refractivity contribution >= 4 is 18.2 Å². The molecule has 7 heavy (non-hydrogen) atoms. The van der Waals surface area contributed by atoms with Crippen LogP contribution in [0.4, 0.5) is 0 Å². The summed E-state index contributed by atoms with van der Waals surface area (Å²) in [6, 6.07) is 1.20. The highest BCUT2D eigenvalue weighted by atomic mass is 32.2. The van der Waals surface area contributed by atoms with Gasteiger partial charge in [-0.25, -0.2) is 9.93 Å². The van der Waals surface area contributed by atoms with Gasteiger partial charge in [0.05, 0.1) is 0 Å². The zero-order valence-corrected chi connectivity index (χ0v) is 4.07. The van der Waals surface area contributed by atoms with E-state index in [2.05, 4.69) is 9.32 Å². The molecule has 0 aromatic heterocycles. The molecular weight excluding hydrogens is 116 g/mol. The van der Waals surface area contributed by atoms with Crippen molar-refractivity contribution in [3.63, 3.8) is 0 Å². The van der Waals surface area contributed by atoms with E-state index in [0.29, 0.717) is 12.2 Å². The van der Waals surface area contributed by atoms with Gasteiger partial charge < -0.3 is 4.18 Å². The Hall–Kier alpha value is -0.730. The minimum Gasteiger partial charge on any atom is -0.364 e. The van der Waals surface area contributed by atoms with Gasteiger partial charge in [-0.2, -0.15) is 5.26 Å². The van der Waals surface area contributed by atoms with Crippen molar-refractivity contribution in [2.45, 2.75) is 0 Å². The first kappa shape index (κ1) is 6.27. The van der Waals surface area contributed by atoms with Gasteiger partial charge in [-0.1, -0.05) is 0 Å². The topological polar surface area (TPSA) is 76.1 Å². The fourth-order valence-electron chi connectivity index (χ4n) is 0.0623. The van der Waals surface area contributed by atoms with Crippen LogP contribution in [0.2, 0.25) is 0 Å². The van der Waals surface area contributed by atoms with Gasteiger partial charge in [0.1, 0.15) is 12.2 Å². The van der Waals surface area contributed by atoms with Crippen molar-refractivity contribution in [2.75, 3.05) is 0 Å². The summed E-state index contributed by atoms with van der Waals surface area (Å²) in [5, 5.41) is 12.3. The Morgan fingerprint density at radius 1 is 2.00 bits per heavy atom. The van der Waals surface area contributed by atoms with Gasteiger partial charge in [-0.3, -0.25) is 0 Å². The molecule has 0 saturated heterocycles. The number of hydrogen-bond acceptors (Lipinski definition) is 5. The molecule has 0 amide bonds. The molecule has 2 N–H and O–H groups in total. The molecule has 0 heterocycles. The SMILES string of the molecule is N#CC(=O)OSN. The molecule has 0 aromatic rings. The first-order valence-electron chi connectivity index (χ1n) is 1.28. The monoisotopic (exact) mass is 118 g/mol. The second kappa shape index (κ2) is 3.46. The van der Waals surface area contributed by atoms with E-state index in [0.717, 1.165) is 0 Å². The normalized spacial score (nSPS) is 6.86. The van der Waals surface area contributed by atoms with Gasteiger partial charge in [0.2, 0.25) is 0 Å². The molecule has 0 bridgehead atoms. The fraction of sp³-hybridized carbons (Fsp3) is 0. The summed E-state index contributed by atoms with van der Waals surface area (Å²) >= 11 is 0.362. The predicted molar refractivity (Wildman–Crippen MR) is 23.5 cm³/mol. The van der Waals surface area contributed by atoms with E-state index in [1.54, 1.807) is 0 Å². The number of hydrogen-bond donors (Lipinski definition) is 1. The van der Waals surface area contributed by atoms with Gasteiger partial charge in [-0.15, -0.1) is 0 Å². The lowest BCUT2D eigenvalue weighted by Crippen LogP contribution is -1.94. The Bertz CT molecular complexity index is 107. The molecule has 38 valence electrons. The number of carbonyl (C=O) groups excluding carboxylic acids is 1. The van der Waals surface area contributed by atoms with Gasteiger partial charge in [0, 0.05) is 0 Å². The van der Waals surface area contributed by atoms with Gasteiger partial charge in [-0.05, 0) is 0 Å². The van der Waals surface area contributed by atoms with E-state index in [1.807, 2.05) is 0 Å². The maximum absolute atomic E-state index is 9.73. The number of nitriles is 1. The first-order valence-corrected chi connectivity index (χ1v) is 2.09. The minimum absolute atomic E-state index is 0.362. The number of nitrogens with two attached hydrogens (primary N) is 1. The molecule has 4 nitrogen and oxygen atoms in total. The third kappa shape index (κ3) is 3.09. The summed E-state index contributed by atoms with van der Waals surface area (Å²) < 4.78 is 3.89. The smallest absolute Gasteiger partial charge is 0.364 e. The molecule has 5 heteroatoms. The van der Waals surface area contributed by atoms with Crippen LogP contribution in [0.25, 0.3) is 0 Å². The highest BCUT2D eigenvalue weighted by Gasteiger charge is 1.93. The van der Waals surface area contributed by atoms with Crippen LogP contribution in [0, 0.1) is 11.3 Å². The van der Waals surface area contributed by atoms with Crippen LogP contribution >= 0.6 is 12.2 Å². The second-order valence-electron chi connectivity index (χ2n) is 0.579. The zero-order chi connectivity index (χ0) is 5.70. The van der Waals surface area contributed by atoms with Crippen LogP contribution < -0.4 is 5.14 Å². The fourth-order valence-corrected chi connectivity index (χ4v) is 0.187. The molecule has 0 atom stereocenters. The van der Waals surface area contributed by atoms with Crippen LogP contribution in [0.3, 0.4) is 0 Å². The summed E-state index contributed by atoms with van der Waals surface area (Å²) in [6.07, 6.45) is 0. The summed E-state index contributed by atoms with van der Waals surface area (Å²) in [6.45, 7) is 0. The summed E-state index contributed by atoms with van der Waals surface area (Å²) in [7, 11) is 0. The van der Waals surface area contributed by atoms with Gasteiger partial charge in [0.25, 0.3) is 0 Å². The molecule has 0 saturated carbocycles. The average molecular weight is 118 g/mol. The third-order valence-electron chi connectivity index (χ3n) is 0.215. The lowest BCUT2D eigenvalue weighted by atomic mass is 10.8. The minimum atomic E-state index is -0.979. The molecule has 0 aliphatic rings. The summed E-state index contributed by atoms with van der Waals surface area (Å²) in [4.78, 5) is 9.73. The van der Waals surface area contributed by atoms with Crippen LogP contribution in [0.1, 0.15) is 0 Å². The van der Waals surface area contributed by atoms with Crippen molar-refractivity contribution in [1.29, 1.82) is 5.26 Å². The molecule has 0 rings (SSSR count). The molecule has 0 radical (unpaired) electrons. The largest absolute Gasteiger partial charge is 0.424 e. The van der Waals surface area contributed by atoms with Gasteiger partial charge in [0.15, 0.2) is 6.07 Å². The Labute approximate surface area is 44.6 Å². The van der Waals surface area contributed by atoms with Crippen LogP contribution in [-0.4, -0.2) is 5.97 Å². The molecule has 0 aliphatic heterocycles. The zero-order valence-electron chi connectivity index (χ0n) is 3.25. The van der Waals surface area contributed by atoms with Crippen molar-refractivity contribution in [1.82, 2.24) is 0 Å². The van der Waals surface area contributed by atoms with E-state index >= 15 is 0 Å². The van der Waals surface area contributed by atoms with Gasteiger partial charge >= 0.3 is 5.97 Å². The third-order valence-corrected chi connectivity index (χ3v) is 0.463. The van der Waals surface area contributed by atoms with Crippen molar-refractivity contribution in [2.24, 2.45) is 5.14 Å². The molecular formula is C2H2N2O2S. The maximum Gasteiger partial charge on any atom is 0.424 e. The lowest BCUT2D eigenvalue weighted by molar-refractivity contribution is -0.126. The lowest BCUT2D eigenvalue weighted by Gasteiger charge is -1.83. The first-order chi connectivity index (χ1) is 3.31. The van der Waals surface area contributed by atoms with E-state index in [4.69, 9.17) is 5.26 Å². The standard InChI is InChI=1S/C2H2N2O2S/c3-1-2(5)6-7-4/h4H2. The highest BCUT2D eigenvalue weighted by molar-refractivity contribution is 7.92. The molecule has 0 unspecified atom stereocenters. The van der Waals surface area contributed by atoms with E-state index < -0.39 is 5.97 Å². The average Bonchev–Trinajstić information content (AvgIpc) is 1.68. The van der Waals surface area contributed by atoms with E-state index in [1.165, 1.54) is 6.07 Å². The number of carbonyl (C=O) groups is 1. The molecule has 0 aliphatic carbocycles. The van der Waals surface area contributed by atoms with Crippen LogP contribution in [0.5, 0.6) is 0 Å². The molecule has 0 fully saturated rings. The van der Waals surface area contributed by atoms with Crippen molar-refractivity contribution in [3.05, 3.63) is 0 Å². The Morgan fingerprint density at radius 2 is 2.57 bits per heavy atom. The highest BCUT2D eigenvalue weighted by Crippen LogP contribution is 1.86. The molecule has 0 aromatic carbocycles. The Balaban J connectivity index is 3.24. The van der Waals surface area contributed by atoms with Crippen LogP contribution in [0.15, 0.2) is 0 Å². The predicted octanol–water partition coefficient (Wildman–Crippen LogP) is -0.425. The quantitative estimate of drug-likeness (QED) is 0.287. The van der Waals surface area contributed by atoms with Crippen molar-refractivity contribution in [3.8, 4) is 6.07 Å². The molecule has 0 spiro atoms. The van der Waals surface area contributed by atoms with Crippen molar-refractivity contribution < 1.29 is 8.98 Å². The van der Waals surface area contributed by atoms with Crippen LogP contribution in [-0.2, 0) is 8.98 Å². The second-order valence-corrected chi connectivity index (χ2v) is 0.938. The number of rotatable bonds is 1. The van der Waals surface area contributed by atoms with E-state index in [-0.39, 0.29) is 0 Å². The number of nitrogens with zero attached hydrogens (tertiary/aromatic N) is 1. The maximum atomic E-state index is 9.73. The summed E-state index contributed by atoms with van der Waals surface area (Å²) in [5.41, 5.74) is 0. The van der Waals surface area contributed by atoms with E-state index in [9.17, 15) is 4.79 Å². The Morgan fingerprint density at radius 3 is 2.71 bits per heavy atom.